The Morgan fingerprint density at radius 2 is 1.79 bits per heavy atom. The van der Waals surface area contributed by atoms with Crippen molar-refractivity contribution in [1.82, 2.24) is 15.5 Å². The summed E-state index contributed by atoms with van der Waals surface area (Å²) in [6.45, 7) is -3.74. The molecule has 15 heteroatoms. The van der Waals surface area contributed by atoms with E-state index in [1.807, 2.05) is 18.2 Å². The average molecular weight is 572 g/mol. The molecule has 1 heterocycles. The second-order valence-electron chi connectivity index (χ2n) is 8.42. The Morgan fingerprint density at radius 1 is 1.11 bits per heavy atom. The molecule has 1 aliphatic heterocycles. The Labute approximate surface area is 224 Å². The van der Waals surface area contributed by atoms with Crippen LogP contribution in [0.3, 0.4) is 0 Å². The minimum Gasteiger partial charge on any atom is -0.434 e. The van der Waals surface area contributed by atoms with Gasteiger partial charge in [-0.3, -0.25) is 14.5 Å². The molecule has 1 saturated carbocycles. The van der Waals surface area contributed by atoms with Crippen molar-refractivity contribution in [3.8, 4) is 0 Å². The minimum absolute atomic E-state index is 0.00502. The molecule has 0 bridgehead atoms. The maximum Gasteiger partial charge on any atom is 0.508 e. The molecule has 0 spiro atoms. The van der Waals surface area contributed by atoms with E-state index in [0.29, 0.717) is 0 Å². The van der Waals surface area contributed by atoms with Crippen molar-refractivity contribution < 1.29 is 47.3 Å². The molecular weight excluding hydrogens is 541 g/mol. The molecule has 0 saturated heterocycles. The fraction of sp³-hybridized carbons (Fsp3) is 0.478. The lowest BCUT2D eigenvalue weighted by atomic mass is 10.1. The van der Waals surface area contributed by atoms with Crippen LogP contribution >= 0.6 is 6.72 Å². The summed E-state index contributed by atoms with van der Waals surface area (Å²) in [5.41, 5.74) is 0.789. The number of benzene rings is 1. The minimum atomic E-state index is -3.64. The van der Waals surface area contributed by atoms with Crippen LogP contribution in [0.4, 0.5) is 9.59 Å². The molecule has 0 radical (unpaired) electrons. The normalized spacial score (nSPS) is 24.2. The molecule has 3 rings (SSSR count). The van der Waals surface area contributed by atoms with Crippen LogP contribution < -0.4 is 10.6 Å². The van der Waals surface area contributed by atoms with Crippen LogP contribution in [-0.2, 0) is 51.3 Å². The first-order valence-electron chi connectivity index (χ1n) is 11.6. The van der Waals surface area contributed by atoms with E-state index < -0.39 is 54.9 Å². The number of methoxy groups -OCH3 is 1. The molecule has 1 fully saturated rings. The molecule has 208 valence electrons. The van der Waals surface area contributed by atoms with Gasteiger partial charge in [0.1, 0.15) is 25.4 Å². The Hall–Kier alpha value is -2.87. The summed E-state index contributed by atoms with van der Waals surface area (Å²) in [7, 11) is 2.61. The summed E-state index contributed by atoms with van der Waals surface area (Å²) in [6, 6.07) is 7.87. The van der Waals surface area contributed by atoms with Crippen molar-refractivity contribution in [2.45, 2.75) is 31.3 Å². The quantitative estimate of drug-likeness (QED) is 0.188. The first kappa shape index (κ1) is 29.7. The van der Waals surface area contributed by atoms with Crippen molar-refractivity contribution in [3.63, 3.8) is 0 Å². The zero-order valence-corrected chi connectivity index (χ0v) is 22.5. The van der Waals surface area contributed by atoms with Crippen molar-refractivity contribution in [3.05, 3.63) is 48.0 Å². The third-order valence-electron chi connectivity index (χ3n) is 5.95. The highest BCUT2D eigenvalue weighted by Gasteiger charge is 2.48. The van der Waals surface area contributed by atoms with Gasteiger partial charge in [0.05, 0.1) is 6.04 Å². The van der Waals surface area contributed by atoms with Crippen molar-refractivity contribution in [2.75, 3.05) is 33.9 Å². The van der Waals surface area contributed by atoms with E-state index in [1.54, 1.807) is 12.1 Å². The van der Waals surface area contributed by atoms with Crippen LogP contribution in [0, 0.1) is 5.92 Å². The molecule has 38 heavy (non-hydrogen) atoms. The number of imide groups is 1. The molecule has 2 aliphatic rings. The molecule has 5 atom stereocenters. The summed E-state index contributed by atoms with van der Waals surface area (Å²) >= 11 is 4.99. The monoisotopic (exact) mass is 571 g/mol. The summed E-state index contributed by atoms with van der Waals surface area (Å²) in [4.78, 5) is 59.2. The van der Waals surface area contributed by atoms with E-state index in [4.69, 9.17) is 35.1 Å². The topological polar surface area (TPSA) is 162 Å². The van der Waals surface area contributed by atoms with Gasteiger partial charge >= 0.3 is 18.9 Å². The van der Waals surface area contributed by atoms with E-state index in [0.717, 1.165) is 22.6 Å². The molecule has 1 aromatic rings. The van der Waals surface area contributed by atoms with Gasteiger partial charge in [-0.15, -0.1) is 0 Å². The number of carbonyl (C=O) groups is 4. The van der Waals surface area contributed by atoms with Gasteiger partial charge in [-0.2, -0.15) is 0 Å². The Bertz CT molecular complexity index is 1070. The number of nitrogens with zero attached hydrogens (tertiary/aromatic N) is 1. The average Bonchev–Trinajstić information content (AvgIpc) is 3.39. The number of nitrogens with one attached hydrogen (secondary N) is 2. The summed E-state index contributed by atoms with van der Waals surface area (Å²) in [5, 5.41) is 5.33. The van der Waals surface area contributed by atoms with E-state index in [1.165, 1.54) is 14.2 Å². The predicted molar refractivity (Wildman–Crippen MR) is 136 cm³/mol. The molecule has 13 nitrogen and oxygen atoms in total. The predicted octanol–water partition coefficient (Wildman–Crippen LogP) is 1.22. The Balaban J connectivity index is 1.56. The molecule has 1 aliphatic carbocycles. The smallest absolute Gasteiger partial charge is 0.434 e. The van der Waals surface area contributed by atoms with E-state index >= 15 is 0 Å². The van der Waals surface area contributed by atoms with Crippen LogP contribution in [0.15, 0.2) is 42.5 Å². The van der Waals surface area contributed by atoms with E-state index in [-0.39, 0.29) is 32.7 Å². The van der Waals surface area contributed by atoms with Gasteiger partial charge in [-0.1, -0.05) is 30.3 Å². The van der Waals surface area contributed by atoms with Crippen LogP contribution in [0.1, 0.15) is 12.0 Å². The summed E-state index contributed by atoms with van der Waals surface area (Å²) < 4.78 is 26.5. The number of rotatable bonds is 12. The van der Waals surface area contributed by atoms with Gasteiger partial charge in [0.15, 0.2) is 0 Å². The molecule has 3 N–H and O–H groups in total. The second-order valence-corrected chi connectivity index (χ2v) is 11.3. The van der Waals surface area contributed by atoms with Crippen molar-refractivity contribution in [1.29, 1.82) is 0 Å². The maximum atomic E-state index is 12.5. The lowest BCUT2D eigenvalue weighted by molar-refractivity contribution is -0.136. The maximum absolute atomic E-state index is 12.5. The van der Waals surface area contributed by atoms with Crippen LogP contribution in [-0.4, -0.2) is 86.0 Å². The molecule has 2 unspecified atom stereocenters. The van der Waals surface area contributed by atoms with Gasteiger partial charge < -0.3 is 38.8 Å². The lowest BCUT2D eigenvalue weighted by Gasteiger charge is -2.28. The standard InChI is InChI=1S/C23H30N3O10PS/c1-32-21-17(25-22(29)24-10-11-26-18(27)8-9-19(26)28)12-16(20(21)36-37(31,38)33-2)14-35-23(30)34-13-15-6-4-3-5-7-15/h3-9,16-17,20-21H,10-14H2,1-2H3,(H,31,38)(H2,24,25,29)/t16-,17+,20?,21-,37?/m1/s1. The third-order valence-corrected chi connectivity index (χ3v) is 7.63. The highest BCUT2D eigenvalue weighted by molar-refractivity contribution is 8.07. The number of urea groups is 1. The third kappa shape index (κ3) is 8.32. The molecule has 4 amide bonds. The number of hydrogen-bond acceptors (Lipinski definition) is 10. The largest absolute Gasteiger partial charge is 0.508 e. The van der Waals surface area contributed by atoms with E-state index in [9.17, 15) is 24.1 Å². The number of hydrogen-bond donors (Lipinski definition) is 3. The molecule has 0 aromatic heterocycles. The van der Waals surface area contributed by atoms with Gasteiger partial charge in [0.2, 0.25) is 0 Å². The fourth-order valence-corrected chi connectivity index (χ4v) is 5.11. The molecular formula is C23H30N3O10PS. The van der Waals surface area contributed by atoms with Gasteiger partial charge in [0, 0.05) is 45.4 Å². The number of carbonyl (C=O) groups excluding carboxylic acids is 4. The van der Waals surface area contributed by atoms with Gasteiger partial charge in [-0.25, -0.2) is 9.59 Å². The first-order chi connectivity index (χ1) is 18.1. The zero-order chi connectivity index (χ0) is 27.7. The number of amides is 4. The second kappa shape index (κ2) is 13.8. The lowest BCUT2D eigenvalue weighted by Crippen LogP contribution is -2.49. The van der Waals surface area contributed by atoms with Crippen LogP contribution in [0.2, 0.25) is 0 Å². The van der Waals surface area contributed by atoms with Crippen LogP contribution in [0.25, 0.3) is 0 Å². The van der Waals surface area contributed by atoms with Crippen molar-refractivity contribution >= 4 is 42.5 Å². The Morgan fingerprint density at radius 3 is 2.42 bits per heavy atom. The fourth-order valence-electron chi connectivity index (χ4n) is 4.12. The Kier molecular flexibility index (Phi) is 10.8. The van der Waals surface area contributed by atoms with Crippen LogP contribution in [0.5, 0.6) is 0 Å². The number of ether oxygens (including phenoxy) is 3. The molecule has 1 aromatic carbocycles. The SMILES string of the molecule is CO[C@H]1C(OP(O)(=S)OC)[C@@H](COC(=O)OCc2ccccc2)C[C@@H]1NC(=O)NCCN1C(=O)C=CC1=O. The highest BCUT2D eigenvalue weighted by atomic mass is 32.5. The zero-order valence-electron chi connectivity index (χ0n) is 20.8. The van der Waals surface area contributed by atoms with Crippen molar-refractivity contribution in [2.24, 2.45) is 5.92 Å². The van der Waals surface area contributed by atoms with Gasteiger partial charge in [-0.05, 0) is 23.8 Å². The highest BCUT2D eigenvalue weighted by Crippen LogP contribution is 2.48. The summed E-state index contributed by atoms with van der Waals surface area (Å²) in [5.74, 6) is -1.43. The van der Waals surface area contributed by atoms with E-state index in [2.05, 4.69) is 10.6 Å². The summed E-state index contributed by atoms with van der Waals surface area (Å²) in [6.07, 6.45) is 0.0136. The van der Waals surface area contributed by atoms with Gasteiger partial charge in [0.25, 0.3) is 11.8 Å². The first-order valence-corrected chi connectivity index (χ1v) is 14.2.